The third-order valence-electron chi connectivity index (χ3n) is 4.29. The largest absolute Gasteiger partial charge is 0.480 e. The minimum atomic E-state index is -0.715. The zero-order valence-corrected chi connectivity index (χ0v) is 12.8. The van der Waals surface area contributed by atoms with E-state index in [9.17, 15) is 9.90 Å². The summed E-state index contributed by atoms with van der Waals surface area (Å²) in [5.41, 5.74) is 3.07. The molecule has 2 aromatic rings. The number of piperidine rings is 1. The molecule has 0 spiro atoms. The second-order valence-corrected chi connectivity index (χ2v) is 5.84. The fourth-order valence-electron chi connectivity index (χ4n) is 3.04. The molecule has 0 amide bonds. The Labute approximate surface area is 130 Å². The summed E-state index contributed by atoms with van der Waals surface area (Å²) < 4.78 is 1.87. The molecule has 0 saturated carbocycles. The lowest BCUT2D eigenvalue weighted by molar-refractivity contribution is -0.144. The van der Waals surface area contributed by atoms with E-state index in [1.807, 2.05) is 48.1 Å². The Kier molecular flexibility index (Phi) is 4.24. The van der Waals surface area contributed by atoms with E-state index in [1.54, 1.807) is 0 Å². The van der Waals surface area contributed by atoms with E-state index < -0.39 is 5.97 Å². The van der Waals surface area contributed by atoms with E-state index in [1.165, 1.54) is 0 Å². The molecule has 1 atom stereocenters. The Bertz CT molecular complexity index is 651. The fraction of sp³-hybridized carbons (Fsp3) is 0.412. The number of aliphatic carboxylic acids is 1. The first-order valence-electron chi connectivity index (χ1n) is 7.72. The SMILES string of the molecule is Cc1nn(-c2ccccc2)cc1CN1CCCCC1C(=O)O. The van der Waals surface area contributed by atoms with Crippen LogP contribution in [0, 0.1) is 6.92 Å². The summed E-state index contributed by atoms with van der Waals surface area (Å²) >= 11 is 0. The molecule has 1 aromatic carbocycles. The summed E-state index contributed by atoms with van der Waals surface area (Å²) in [6, 6.07) is 9.60. The number of hydrogen-bond donors (Lipinski definition) is 1. The van der Waals surface area contributed by atoms with Gasteiger partial charge in [-0.3, -0.25) is 9.69 Å². The summed E-state index contributed by atoms with van der Waals surface area (Å²) in [6.45, 7) is 3.47. The predicted molar refractivity (Wildman–Crippen MR) is 84.0 cm³/mol. The molecule has 1 fully saturated rings. The standard InChI is InChI=1S/C17H21N3O2/c1-13-14(11-19-10-6-5-9-16(19)17(21)22)12-20(18-13)15-7-3-2-4-8-15/h2-4,7-8,12,16H,5-6,9-11H2,1H3,(H,21,22). The van der Waals surface area contributed by atoms with Crippen LogP contribution in [0.4, 0.5) is 0 Å². The van der Waals surface area contributed by atoms with Crippen molar-refractivity contribution in [3.63, 3.8) is 0 Å². The lowest BCUT2D eigenvalue weighted by atomic mass is 10.0. The maximum absolute atomic E-state index is 11.4. The fourth-order valence-corrected chi connectivity index (χ4v) is 3.04. The van der Waals surface area contributed by atoms with Crippen LogP contribution in [0.15, 0.2) is 36.5 Å². The van der Waals surface area contributed by atoms with Gasteiger partial charge in [0.2, 0.25) is 0 Å². The lowest BCUT2D eigenvalue weighted by Gasteiger charge is -2.32. The van der Waals surface area contributed by atoms with Crippen LogP contribution in [0.25, 0.3) is 5.69 Å². The molecule has 1 aliphatic rings. The maximum Gasteiger partial charge on any atom is 0.320 e. The van der Waals surface area contributed by atoms with Gasteiger partial charge >= 0.3 is 5.97 Å². The Morgan fingerprint density at radius 3 is 2.82 bits per heavy atom. The van der Waals surface area contributed by atoms with Crippen LogP contribution in [-0.2, 0) is 11.3 Å². The first kappa shape index (κ1) is 14.8. The molecular weight excluding hydrogens is 278 g/mol. The average molecular weight is 299 g/mol. The molecule has 1 N–H and O–H groups in total. The van der Waals surface area contributed by atoms with Gasteiger partial charge in [-0.1, -0.05) is 24.6 Å². The van der Waals surface area contributed by atoms with Crippen LogP contribution < -0.4 is 0 Å². The van der Waals surface area contributed by atoms with E-state index in [0.29, 0.717) is 6.54 Å². The van der Waals surface area contributed by atoms with Crippen molar-refractivity contribution < 1.29 is 9.90 Å². The summed E-state index contributed by atoms with van der Waals surface area (Å²) in [5, 5.41) is 13.9. The quantitative estimate of drug-likeness (QED) is 0.943. The molecular formula is C17H21N3O2. The Balaban J connectivity index is 1.80. The number of aromatic nitrogens is 2. The van der Waals surface area contributed by atoms with Gasteiger partial charge in [-0.05, 0) is 38.4 Å². The molecule has 5 nitrogen and oxygen atoms in total. The number of aryl methyl sites for hydroxylation is 1. The maximum atomic E-state index is 11.4. The minimum Gasteiger partial charge on any atom is -0.480 e. The smallest absolute Gasteiger partial charge is 0.320 e. The molecule has 1 aliphatic heterocycles. The Hall–Kier alpha value is -2.14. The number of benzene rings is 1. The molecule has 116 valence electrons. The second kappa shape index (κ2) is 6.32. The van der Waals surface area contributed by atoms with Gasteiger partial charge in [0, 0.05) is 18.3 Å². The van der Waals surface area contributed by atoms with Gasteiger partial charge < -0.3 is 5.11 Å². The van der Waals surface area contributed by atoms with Gasteiger partial charge in [0.15, 0.2) is 0 Å². The average Bonchev–Trinajstić information content (AvgIpc) is 2.90. The number of likely N-dealkylation sites (tertiary alicyclic amines) is 1. The molecule has 2 heterocycles. The summed E-state index contributed by atoms with van der Waals surface area (Å²) in [4.78, 5) is 13.5. The van der Waals surface area contributed by atoms with Crippen molar-refractivity contribution in [3.8, 4) is 5.69 Å². The van der Waals surface area contributed by atoms with Gasteiger partial charge in [0.05, 0.1) is 11.4 Å². The van der Waals surface area contributed by atoms with Crippen molar-refractivity contribution in [2.45, 2.75) is 38.8 Å². The summed E-state index contributed by atoms with van der Waals surface area (Å²) in [6.07, 6.45) is 4.81. The number of nitrogens with zero attached hydrogens (tertiary/aromatic N) is 3. The number of para-hydroxylation sites is 1. The van der Waals surface area contributed by atoms with E-state index in [-0.39, 0.29) is 6.04 Å². The van der Waals surface area contributed by atoms with Gasteiger partial charge in [-0.2, -0.15) is 5.10 Å². The Morgan fingerprint density at radius 2 is 2.09 bits per heavy atom. The molecule has 1 saturated heterocycles. The van der Waals surface area contributed by atoms with Crippen molar-refractivity contribution in [1.29, 1.82) is 0 Å². The van der Waals surface area contributed by atoms with Gasteiger partial charge in [-0.15, -0.1) is 0 Å². The summed E-state index contributed by atoms with van der Waals surface area (Å²) in [5.74, 6) is -0.715. The second-order valence-electron chi connectivity index (χ2n) is 5.84. The minimum absolute atomic E-state index is 0.367. The predicted octanol–water partition coefficient (Wildman–Crippen LogP) is 2.62. The van der Waals surface area contributed by atoms with Crippen LogP contribution in [0.3, 0.4) is 0 Å². The number of rotatable bonds is 4. The number of hydrogen-bond acceptors (Lipinski definition) is 3. The van der Waals surface area contributed by atoms with E-state index in [4.69, 9.17) is 0 Å². The van der Waals surface area contributed by atoms with Crippen LogP contribution >= 0.6 is 0 Å². The van der Waals surface area contributed by atoms with E-state index in [2.05, 4.69) is 10.00 Å². The topological polar surface area (TPSA) is 58.4 Å². The number of carboxylic acid groups (broad SMARTS) is 1. The first-order chi connectivity index (χ1) is 10.6. The highest BCUT2D eigenvalue weighted by Gasteiger charge is 2.28. The van der Waals surface area contributed by atoms with Crippen molar-refractivity contribution in [2.24, 2.45) is 0 Å². The monoisotopic (exact) mass is 299 g/mol. The molecule has 0 bridgehead atoms. The highest BCUT2D eigenvalue weighted by Crippen LogP contribution is 2.21. The highest BCUT2D eigenvalue weighted by molar-refractivity contribution is 5.73. The van der Waals surface area contributed by atoms with E-state index in [0.717, 1.165) is 42.8 Å². The zero-order chi connectivity index (χ0) is 15.5. The lowest BCUT2D eigenvalue weighted by Crippen LogP contribution is -2.44. The third kappa shape index (κ3) is 3.04. The van der Waals surface area contributed by atoms with Crippen LogP contribution in [-0.4, -0.2) is 38.3 Å². The molecule has 5 heteroatoms. The van der Waals surface area contributed by atoms with Crippen LogP contribution in [0.5, 0.6) is 0 Å². The molecule has 1 aromatic heterocycles. The molecule has 3 rings (SSSR count). The molecule has 22 heavy (non-hydrogen) atoms. The van der Waals surface area contributed by atoms with Crippen LogP contribution in [0.1, 0.15) is 30.5 Å². The number of carbonyl (C=O) groups is 1. The molecule has 0 aliphatic carbocycles. The van der Waals surface area contributed by atoms with Crippen molar-refractivity contribution in [3.05, 3.63) is 47.8 Å². The Morgan fingerprint density at radius 1 is 1.32 bits per heavy atom. The van der Waals surface area contributed by atoms with Gasteiger partial charge in [0.25, 0.3) is 0 Å². The molecule has 1 unspecified atom stereocenters. The first-order valence-corrected chi connectivity index (χ1v) is 7.72. The van der Waals surface area contributed by atoms with Crippen molar-refractivity contribution in [2.75, 3.05) is 6.54 Å². The zero-order valence-electron chi connectivity index (χ0n) is 12.8. The third-order valence-corrected chi connectivity index (χ3v) is 4.29. The van der Waals surface area contributed by atoms with Crippen LogP contribution in [0.2, 0.25) is 0 Å². The normalized spacial score (nSPS) is 19.2. The highest BCUT2D eigenvalue weighted by atomic mass is 16.4. The summed E-state index contributed by atoms with van der Waals surface area (Å²) in [7, 11) is 0. The van der Waals surface area contributed by atoms with Gasteiger partial charge in [-0.25, -0.2) is 4.68 Å². The van der Waals surface area contributed by atoms with Gasteiger partial charge in [0.1, 0.15) is 6.04 Å². The molecule has 0 radical (unpaired) electrons. The number of carboxylic acids is 1. The van der Waals surface area contributed by atoms with Crippen molar-refractivity contribution >= 4 is 5.97 Å². The van der Waals surface area contributed by atoms with Crippen molar-refractivity contribution in [1.82, 2.24) is 14.7 Å². The van der Waals surface area contributed by atoms with E-state index >= 15 is 0 Å².